The van der Waals surface area contributed by atoms with Crippen molar-refractivity contribution in [3.8, 4) is 11.1 Å². The molecule has 2 N–H and O–H groups in total. The lowest BCUT2D eigenvalue weighted by atomic mass is 9.89. The SMILES string of the molecule is Fc1cc(-c2ccc3[nH]cnc3c2)ccc1CNCC1CCCCC1. The molecule has 2 aromatic carbocycles. The minimum atomic E-state index is -0.143. The van der Waals surface area contributed by atoms with Gasteiger partial charge in [-0.05, 0) is 54.6 Å². The molecule has 0 spiro atoms. The van der Waals surface area contributed by atoms with E-state index in [-0.39, 0.29) is 5.82 Å². The summed E-state index contributed by atoms with van der Waals surface area (Å²) in [6, 6.07) is 11.5. The van der Waals surface area contributed by atoms with Crippen LogP contribution in [0.5, 0.6) is 0 Å². The zero-order chi connectivity index (χ0) is 17.1. The molecule has 0 saturated heterocycles. The molecule has 0 radical (unpaired) electrons. The fraction of sp³-hybridized carbons (Fsp3) is 0.381. The van der Waals surface area contributed by atoms with Crippen LogP contribution in [0.2, 0.25) is 0 Å². The highest BCUT2D eigenvalue weighted by Crippen LogP contribution is 2.25. The number of imidazole rings is 1. The second kappa shape index (κ2) is 7.36. The van der Waals surface area contributed by atoms with Crippen molar-refractivity contribution in [3.63, 3.8) is 0 Å². The highest BCUT2D eigenvalue weighted by atomic mass is 19.1. The summed E-state index contributed by atoms with van der Waals surface area (Å²) in [5.74, 6) is 0.618. The minimum absolute atomic E-state index is 0.143. The van der Waals surface area contributed by atoms with Crippen molar-refractivity contribution in [2.75, 3.05) is 6.54 Å². The number of benzene rings is 2. The smallest absolute Gasteiger partial charge is 0.128 e. The third-order valence-corrected chi connectivity index (χ3v) is 5.28. The molecule has 1 aliphatic rings. The quantitative estimate of drug-likeness (QED) is 0.685. The van der Waals surface area contributed by atoms with Gasteiger partial charge in [0, 0.05) is 12.1 Å². The number of rotatable bonds is 5. The molecule has 0 amide bonds. The highest BCUT2D eigenvalue weighted by Gasteiger charge is 2.13. The van der Waals surface area contributed by atoms with Gasteiger partial charge in [-0.3, -0.25) is 0 Å². The molecule has 1 aliphatic carbocycles. The Labute approximate surface area is 147 Å². The molecule has 4 rings (SSSR count). The van der Waals surface area contributed by atoms with Crippen LogP contribution in [-0.4, -0.2) is 16.5 Å². The summed E-state index contributed by atoms with van der Waals surface area (Å²) >= 11 is 0. The summed E-state index contributed by atoms with van der Waals surface area (Å²) in [6.45, 7) is 1.60. The maximum atomic E-state index is 14.5. The summed E-state index contributed by atoms with van der Waals surface area (Å²) in [4.78, 5) is 7.35. The van der Waals surface area contributed by atoms with Gasteiger partial charge in [-0.25, -0.2) is 9.37 Å². The zero-order valence-corrected chi connectivity index (χ0v) is 14.4. The molecule has 1 saturated carbocycles. The second-order valence-electron chi connectivity index (χ2n) is 7.08. The van der Waals surface area contributed by atoms with E-state index in [2.05, 4.69) is 15.3 Å². The first-order valence-electron chi connectivity index (χ1n) is 9.22. The molecule has 1 heterocycles. The van der Waals surface area contributed by atoms with E-state index in [1.807, 2.05) is 30.3 Å². The van der Waals surface area contributed by atoms with E-state index in [1.54, 1.807) is 12.4 Å². The lowest BCUT2D eigenvalue weighted by Crippen LogP contribution is -2.24. The average molecular weight is 337 g/mol. The van der Waals surface area contributed by atoms with Gasteiger partial charge in [0.15, 0.2) is 0 Å². The van der Waals surface area contributed by atoms with Crippen molar-refractivity contribution >= 4 is 11.0 Å². The number of H-pyrrole nitrogens is 1. The third kappa shape index (κ3) is 3.74. The molecule has 25 heavy (non-hydrogen) atoms. The van der Waals surface area contributed by atoms with Gasteiger partial charge in [-0.15, -0.1) is 0 Å². The first kappa shape index (κ1) is 16.3. The molecule has 0 bridgehead atoms. The van der Waals surface area contributed by atoms with E-state index in [0.29, 0.717) is 6.54 Å². The summed E-state index contributed by atoms with van der Waals surface area (Å²) in [6.07, 6.45) is 8.35. The van der Waals surface area contributed by atoms with Gasteiger partial charge in [-0.1, -0.05) is 37.5 Å². The predicted octanol–water partition coefficient (Wildman–Crippen LogP) is 5.04. The largest absolute Gasteiger partial charge is 0.345 e. The Balaban J connectivity index is 1.42. The number of aromatic amines is 1. The van der Waals surface area contributed by atoms with Crippen LogP contribution in [0.4, 0.5) is 4.39 Å². The van der Waals surface area contributed by atoms with E-state index in [9.17, 15) is 4.39 Å². The molecule has 0 aliphatic heterocycles. The van der Waals surface area contributed by atoms with Crippen LogP contribution in [-0.2, 0) is 6.54 Å². The highest BCUT2D eigenvalue weighted by molar-refractivity contribution is 5.81. The lowest BCUT2D eigenvalue weighted by Gasteiger charge is -2.21. The van der Waals surface area contributed by atoms with Crippen LogP contribution >= 0.6 is 0 Å². The number of hydrogen-bond donors (Lipinski definition) is 2. The van der Waals surface area contributed by atoms with E-state index in [4.69, 9.17) is 0 Å². The Morgan fingerprint density at radius 3 is 2.68 bits per heavy atom. The fourth-order valence-corrected chi connectivity index (χ4v) is 3.78. The van der Waals surface area contributed by atoms with Gasteiger partial charge in [0.2, 0.25) is 0 Å². The minimum Gasteiger partial charge on any atom is -0.345 e. The fourth-order valence-electron chi connectivity index (χ4n) is 3.78. The van der Waals surface area contributed by atoms with Crippen LogP contribution < -0.4 is 5.32 Å². The van der Waals surface area contributed by atoms with Crippen molar-refractivity contribution in [2.24, 2.45) is 5.92 Å². The molecule has 130 valence electrons. The standard InChI is InChI=1S/C21H24FN3/c22-19-10-16(17-8-9-20-21(11-17)25-14-24-20)6-7-18(19)13-23-12-15-4-2-1-3-5-15/h6-11,14-15,23H,1-5,12-13H2,(H,24,25). The maximum Gasteiger partial charge on any atom is 0.128 e. The van der Waals surface area contributed by atoms with Crippen LogP contribution in [0.25, 0.3) is 22.2 Å². The Bertz CT molecular complexity index is 849. The Kier molecular flexibility index (Phi) is 4.79. The monoisotopic (exact) mass is 337 g/mol. The number of halogens is 1. The van der Waals surface area contributed by atoms with E-state index in [1.165, 1.54) is 32.1 Å². The summed E-state index contributed by atoms with van der Waals surface area (Å²) in [5, 5.41) is 3.44. The van der Waals surface area contributed by atoms with Crippen molar-refractivity contribution in [2.45, 2.75) is 38.6 Å². The molecule has 3 aromatic rings. The molecule has 0 unspecified atom stereocenters. The summed E-state index contributed by atoms with van der Waals surface area (Å²) in [5.41, 5.74) is 4.50. The van der Waals surface area contributed by atoms with E-state index >= 15 is 0 Å². The maximum absolute atomic E-state index is 14.5. The van der Waals surface area contributed by atoms with Gasteiger partial charge < -0.3 is 10.3 Å². The van der Waals surface area contributed by atoms with E-state index in [0.717, 1.165) is 40.2 Å². The van der Waals surface area contributed by atoms with Crippen molar-refractivity contribution in [1.29, 1.82) is 0 Å². The van der Waals surface area contributed by atoms with Gasteiger partial charge in [0.05, 0.1) is 17.4 Å². The molecule has 4 heteroatoms. The van der Waals surface area contributed by atoms with Gasteiger partial charge in [0.1, 0.15) is 5.82 Å². The average Bonchev–Trinajstić information content (AvgIpc) is 3.11. The normalized spacial score (nSPS) is 15.7. The zero-order valence-electron chi connectivity index (χ0n) is 14.4. The number of fused-ring (bicyclic) bond motifs is 1. The van der Waals surface area contributed by atoms with Crippen LogP contribution in [0.3, 0.4) is 0 Å². The third-order valence-electron chi connectivity index (χ3n) is 5.28. The van der Waals surface area contributed by atoms with Crippen LogP contribution in [0.1, 0.15) is 37.7 Å². The number of nitrogens with zero attached hydrogens (tertiary/aromatic N) is 1. The van der Waals surface area contributed by atoms with Gasteiger partial charge in [-0.2, -0.15) is 0 Å². The molecular formula is C21H24FN3. The Hall–Kier alpha value is -2.20. The first-order valence-corrected chi connectivity index (χ1v) is 9.22. The molecule has 1 fully saturated rings. The second-order valence-corrected chi connectivity index (χ2v) is 7.08. The molecule has 1 aromatic heterocycles. The predicted molar refractivity (Wildman–Crippen MR) is 99.8 cm³/mol. The van der Waals surface area contributed by atoms with Crippen LogP contribution in [0.15, 0.2) is 42.7 Å². The topological polar surface area (TPSA) is 40.7 Å². The van der Waals surface area contributed by atoms with Crippen LogP contribution in [0, 0.1) is 11.7 Å². The van der Waals surface area contributed by atoms with Crippen molar-refractivity contribution in [3.05, 3.63) is 54.1 Å². The van der Waals surface area contributed by atoms with E-state index < -0.39 is 0 Å². The first-order chi connectivity index (χ1) is 12.3. The number of aromatic nitrogens is 2. The van der Waals surface area contributed by atoms with Crippen molar-refractivity contribution in [1.82, 2.24) is 15.3 Å². The Morgan fingerprint density at radius 1 is 1.04 bits per heavy atom. The van der Waals surface area contributed by atoms with Gasteiger partial charge >= 0.3 is 0 Å². The molecular weight excluding hydrogens is 313 g/mol. The summed E-state index contributed by atoms with van der Waals surface area (Å²) in [7, 11) is 0. The molecule has 0 atom stereocenters. The summed E-state index contributed by atoms with van der Waals surface area (Å²) < 4.78 is 14.5. The number of nitrogens with one attached hydrogen (secondary N) is 2. The number of hydrogen-bond acceptors (Lipinski definition) is 2. The van der Waals surface area contributed by atoms with Crippen molar-refractivity contribution < 1.29 is 4.39 Å². The molecule has 3 nitrogen and oxygen atoms in total. The van der Waals surface area contributed by atoms with Gasteiger partial charge in [0.25, 0.3) is 0 Å². The lowest BCUT2D eigenvalue weighted by molar-refractivity contribution is 0.341. The Morgan fingerprint density at radius 2 is 1.84 bits per heavy atom.